The fourth-order valence-electron chi connectivity index (χ4n) is 2.76. The van der Waals surface area contributed by atoms with Gasteiger partial charge in [0.05, 0.1) is 5.92 Å². The molecule has 1 amide bonds. The molecule has 0 aromatic heterocycles. The lowest BCUT2D eigenvalue weighted by Crippen LogP contribution is -2.43. The molecule has 1 saturated heterocycles. The van der Waals surface area contributed by atoms with Crippen LogP contribution in [0.2, 0.25) is 0 Å². The maximum absolute atomic E-state index is 12.6. The maximum Gasteiger partial charge on any atom is 0.391 e. The highest BCUT2D eigenvalue weighted by atomic mass is 19.4. The number of rotatable bonds is 5. The first-order valence-electron chi connectivity index (χ1n) is 7.28. The summed E-state index contributed by atoms with van der Waals surface area (Å²) in [5, 5.41) is 0. The van der Waals surface area contributed by atoms with Crippen LogP contribution in [-0.4, -0.2) is 36.6 Å². The van der Waals surface area contributed by atoms with Gasteiger partial charge in [0.15, 0.2) is 0 Å². The van der Waals surface area contributed by atoms with Crippen molar-refractivity contribution in [2.75, 3.05) is 19.6 Å². The van der Waals surface area contributed by atoms with Gasteiger partial charge in [-0.05, 0) is 37.6 Å². The molecule has 1 heterocycles. The quantitative estimate of drug-likeness (QED) is 0.847. The number of likely N-dealkylation sites (tertiary alicyclic amines) is 1. The van der Waals surface area contributed by atoms with E-state index in [2.05, 4.69) is 13.8 Å². The van der Waals surface area contributed by atoms with E-state index in [1.54, 1.807) is 4.90 Å². The Morgan fingerprint density at radius 1 is 1.30 bits per heavy atom. The number of nitrogens with two attached hydrogens (primary N) is 1. The van der Waals surface area contributed by atoms with Gasteiger partial charge >= 0.3 is 6.18 Å². The van der Waals surface area contributed by atoms with Gasteiger partial charge in [0.2, 0.25) is 5.91 Å². The molecule has 3 nitrogen and oxygen atoms in total. The van der Waals surface area contributed by atoms with Gasteiger partial charge in [-0.3, -0.25) is 4.79 Å². The summed E-state index contributed by atoms with van der Waals surface area (Å²) in [5.74, 6) is -0.718. The molecule has 1 aliphatic heterocycles. The molecule has 0 aromatic rings. The van der Waals surface area contributed by atoms with Crippen LogP contribution in [0.1, 0.15) is 39.5 Å². The highest BCUT2D eigenvalue weighted by molar-refractivity contribution is 5.76. The molecule has 118 valence electrons. The Kier molecular flexibility index (Phi) is 6.30. The molecule has 0 unspecified atom stereocenters. The Bertz CT molecular complexity index is 310. The molecular formula is C14H25F3N2O. The molecule has 6 heteroatoms. The molecule has 20 heavy (non-hydrogen) atoms. The van der Waals surface area contributed by atoms with Crippen LogP contribution in [0.5, 0.6) is 0 Å². The van der Waals surface area contributed by atoms with E-state index in [0.29, 0.717) is 18.9 Å². The van der Waals surface area contributed by atoms with Crippen LogP contribution >= 0.6 is 0 Å². The summed E-state index contributed by atoms with van der Waals surface area (Å²) in [7, 11) is 0. The number of nitrogens with zero attached hydrogens (tertiary/aromatic N) is 1. The summed E-state index contributed by atoms with van der Waals surface area (Å²) < 4.78 is 37.7. The van der Waals surface area contributed by atoms with Crippen molar-refractivity contribution in [1.29, 1.82) is 0 Å². The minimum atomic E-state index is -4.13. The molecule has 1 fully saturated rings. The van der Waals surface area contributed by atoms with Gasteiger partial charge in [0.1, 0.15) is 0 Å². The number of halogens is 3. The van der Waals surface area contributed by atoms with Crippen molar-refractivity contribution in [1.82, 2.24) is 4.90 Å². The average Bonchev–Trinajstić information content (AvgIpc) is 2.36. The van der Waals surface area contributed by atoms with Crippen LogP contribution in [-0.2, 0) is 4.79 Å². The topological polar surface area (TPSA) is 46.3 Å². The number of alkyl halides is 3. The van der Waals surface area contributed by atoms with Crippen molar-refractivity contribution in [3.05, 3.63) is 0 Å². The summed E-state index contributed by atoms with van der Waals surface area (Å²) in [4.78, 5) is 13.7. The van der Waals surface area contributed by atoms with Crippen LogP contribution in [0, 0.1) is 17.8 Å². The summed E-state index contributed by atoms with van der Waals surface area (Å²) in [6.07, 6.45) is -2.86. The largest absolute Gasteiger partial charge is 0.391 e. The number of hydrogen-bond donors (Lipinski definition) is 1. The van der Waals surface area contributed by atoms with Crippen LogP contribution in [0.4, 0.5) is 13.2 Å². The molecular weight excluding hydrogens is 269 g/mol. The molecule has 1 atom stereocenters. The monoisotopic (exact) mass is 294 g/mol. The first-order valence-corrected chi connectivity index (χ1v) is 7.28. The molecule has 0 bridgehead atoms. The molecule has 0 aromatic carbocycles. The lowest BCUT2D eigenvalue weighted by molar-refractivity contribution is -0.186. The van der Waals surface area contributed by atoms with Crippen LogP contribution in [0.15, 0.2) is 0 Å². The molecule has 2 N–H and O–H groups in total. The molecule has 0 saturated carbocycles. The van der Waals surface area contributed by atoms with Crippen LogP contribution in [0.25, 0.3) is 0 Å². The second-order valence-corrected chi connectivity index (χ2v) is 6.13. The first kappa shape index (κ1) is 17.3. The Hall–Kier alpha value is -0.780. The average molecular weight is 294 g/mol. The fraction of sp³-hybridized carbons (Fsp3) is 0.929. The fourth-order valence-corrected chi connectivity index (χ4v) is 2.76. The minimum Gasteiger partial charge on any atom is -0.343 e. The number of amides is 1. The lowest BCUT2D eigenvalue weighted by Gasteiger charge is -2.33. The first-order chi connectivity index (χ1) is 9.24. The van der Waals surface area contributed by atoms with Crippen molar-refractivity contribution in [2.45, 2.75) is 45.7 Å². The van der Waals surface area contributed by atoms with Crippen molar-refractivity contribution in [2.24, 2.45) is 23.5 Å². The third kappa shape index (κ3) is 5.31. The molecule has 0 spiro atoms. The number of piperidine rings is 1. The molecule has 1 aliphatic rings. The number of carbonyl (C=O) groups excluding carboxylic acids is 1. The summed E-state index contributed by atoms with van der Waals surface area (Å²) in [6, 6.07) is 0. The summed E-state index contributed by atoms with van der Waals surface area (Å²) in [5.41, 5.74) is 5.66. The SMILES string of the molecule is CC(C)C[C@H](CN)CC(=O)N1CCC(C(F)(F)F)CC1. The predicted molar refractivity (Wildman–Crippen MR) is 72.0 cm³/mol. The molecule has 1 rings (SSSR count). The Morgan fingerprint density at radius 2 is 1.85 bits per heavy atom. The predicted octanol–water partition coefficient (Wildman–Crippen LogP) is 2.80. The molecule has 0 radical (unpaired) electrons. The second-order valence-electron chi connectivity index (χ2n) is 6.13. The zero-order valence-corrected chi connectivity index (χ0v) is 12.2. The van der Waals surface area contributed by atoms with Crippen LogP contribution < -0.4 is 5.73 Å². The van der Waals surface area contributed by atoms with Gasteiger partial charge < -0.3 is 10.6 Å². The van der Waals surface area contributed by atoms with Gasteiger partial charge in [-0.2, -0.15) is 13.2 Å². The van der Waals surface area contributed by atoms with Gasteiger partial charge in [0, 0.05) is 19.5 Å². The third-order valence-corrected chi connectivity index (χ3v) is 3.91. The van der Waals surface area contributed by atoms with E-state index in [1.165, 1.54) is 0 Å². The smallest absolute Gasteiger partial charge is 0.343 e. The second kappa shape index (κ2) is 7.29. The van der Waals surface area contributed by atoms with E-state index in [4.69, 9.17) is 5.73 Å². The van der Waals surface area contributed by atoms with Gasteiger partial charge in [-0.15, -0.1) is 0 Å². The Labute approximate surface area is 118 Å². The highest BCUT2D eigenvalue weighted by Gasteiger charge is 2.41. The number of hydrogen-bond acceptors (Lipinski definition) is 2. The highest BCUT2D eigenvalue weighted by Crippen LogP contribution is 2.34. The van der Waals surface area contributed by atoms with Crippen molar-refractivity contribution in [3.8, 4) is 0 Å². The summed E-state index contributed by atoms with van der Waals surface area (Å²) in [6.45, 7) is 5.01. The normalized spacial score (nSPS) is 19.4. The van der Waals surface area contributed by atoms with Crippen LogP contribution in [0.3, 0.4) is 0 Å². The van der Waals surface area contributed by atoms with E-state index < -0.39 is 12.1 Å². The molecule has 0 aliphatic carbocycles. The van der Waals surface area contributed by atoms with E-state index in [9.17, 15) is 18.0 Å². The third-order valence-electron chi connectivity index (χ3n) is 3.91. The minimum absolute atomic E-state index is 0.0205. The van der Waals surface area contributed by atoms with E-state index >= 15 is 0 Å². The maximum atomic E-state index is 12.6. The van der Waals surface area contributed by atoms with Crippen molar-refractivity contribution < 1.29 is 18.0 Å². The van der Waals surface area contributed by atoms with Gasteiger partial charge in [-0.1, -0.05) is 13.8 Å². The van der Waals surface area contributed by atoms with E-state index in [0.717, 1.165) is 6.42 Å². The van der Waals surface area contributed by atoms with Crippen molar-refractivity contribution >= 4 is 5.91 Å². The zero-order chi connectivity index (χ0) is 15.3. The Balaban J connectivity index is 2.42. The standard InChI is InChI=1S/C14H25F3N2O/c1-10(2)7-11(9-18)8-13(20)19-5-3-12(4-6-19)14(15,16)17/h10-12H,3-9,18H2,1-2H3/t11-/m0/s1. The van der Waals surface area contributed by atoms with E-state index in [1.807, 2.05) is 0 Å². The van der Waals surface area contributed by atoms with Crippen molar-refractivity contribution in [3.63, 3.8) is 0 Å². The zero-order valence-electron chi connectivity index (χ0n) is 12.2. The number of carbonyl (C=O) groups is 1. The van der Waals surface area contributed by atoms with E-state index in [-0.39, 0.29) is 37.8 Å². The summed E-state index contributed by atoms with van der Waals surface area (Å²) >= 11 is 0. The lowest BCUT2D eigenvalue weighted by atomic mass is 9.92. The van der Waals surface area contributed by atoms with Gasteiger partial charge in [0.25, 0.3) is 0 Å². The van der Waals surface area contributed by atoms with Gasteiger partial charge in [-0.25, -0.2) is 0 Å². The Morgan fingerprint density at radius 3 is 2.25 bits per heavy atom.